The Morgan fingerprint density at radius 3 is 2.50 bits per heavy atom. The maximum Gasteiger partial charge on any atom is 0.219 e. The number of carbonyl (C=O) groups is 1. The van der Waals surface area contributed by atoms with Crippen LogP contribution in [0.1, 0.15) is 20.3 Å². The normalized spacial score (nSPS) is 9.50. The number of hydrogen-bond donors (Lipinski definition) is 0. The molecule has 0 saturated heterocycles. The first-order chi connectivity index (χ1) is 4.72. The number of amides is 1. The maximum atomic E-state index is 10.8. The van der Waals surface area contributed by atoms with E-state index in [2.05, 4.69) is 15.9 Å². The summed E-state index contributed by atoms with van der Waals surface area (Å²) in [5, 5.41) is 0.969. The van der Waals surface area contributed by atoms with E-state index in [4.69, 9.17) is 0 Å². The first-order valence-electron chi connectivity index (χ1n) is 3.53. The van der Waals surface area contributed by atoms with Gasteiger partial charge in [-0.1, -0.05) is 15.9 Å². The molecule has 0 N–H and O–H groups in total. The highest BCUT2D eigenvalue weighted by Crippen LogP contribution is 1.94. The van der Waals surface area contributed by atoms with Crippen molar-refractivity contribution in [3.63, 3.8) is 0 Å². The summed E-state index contributed by atoms with van der Waals surface area (Å²) in [6.45, 7) is 5.30. The number of nitrogens with zero attached hydrogens (tertiary/aromatic N) is 1. The second-order valence-electron chi connectivity index (χ2n) is 2.14. The molecule has 2 nitrogen and oxygen atoms in total. The highest BCUT2D eigenvalue weighted by Gasteiger charge is 2.02. The molecule has 0 saturated carbocycles. The van der Waals surface area contributed by atoms with Crippen LogP contribution in [0, 0.1) is 0 Å². The van der Waals surface area contributed by atoms with Crippen LogP contribution in [-0.2, 0) is 4.79 Å². The number of rotatable bonds is 4. The quantitative estimate of drug-likeness (QED) is 0.643. The van der Waals surface area contributed by atoms with E-state index in [1.165, 1.54) is 0 Å². The van der Waals surface area contributed by atoms with Gasteiger partial charge < -0.3 is 4.90 Å². The van der Waals surface area contributed by atoms with E-state index in [0.29, 0.717) is 0 Å². The Bertz CT molecular complexity index is 106. The van der Waals surface area contributed by atoms with Gasteiger partial charge in [0.15, 0.2) is 0 Å². The molecular formula is C7H14BrNO. The first-order valence-corrected chi connectivity index (χ1v) is 4.66. The van der Waals surface area contributed by atoms with Crippen molar-refractivity contribution in [2.24, 2.45) is 0 Å². The maximum absolute atomic E-state index is 10.8. The summed E-state index contributed by atoms with van der Waals surface area (Å²) in [4.78, 5) is 12.6. The lowest BCUT2D eigenvalue weighted by Crippen LogP contribution is -2.29. The molecule has 0 spiro atoms. The Morgan fingerprint density at radius 2 is 2.20 bits per heavy atom. The summed E-state index contributed by atoms with van der Waals surface area (Å²) in [7, 11) is 0. The third-order valence-corrected chi connectivity index (χ3v) is 1.95. The largest absolute Gasteiger partial charge is 0.343 e. The number of carbonyl (C=O) groups excluding carboxylic acids is 1. The van der Waals surface area contributed by atoms with Gasteiger partial charge in [-0.25, -0.2) is 0 Å². The average Bonchev–Trinajstić information content (AvgIpc) is 1.89. The Hall–Kier alpha value is -0.0500. The zero-order chi connectivity index (χ0) is 7.98. The zero-order valence-electron chi connectivity index (χ0n) is 6.56. The summed E-state index contributed by atoms with van der Waals surface area (Å²) in [5.74, 6) is 0.170. The van der Waals surface area contributed by atoms with Crippen LogP contribution in [0.2, 0.25) is 0 Å². The van der Waals surface area contributed by atoms with Gasteiger partial charge in [0.2, 0.25) is 5.91 Å². The van der Waals surface area contributed by atoms with Gasteiger partial charge in [0.25, 0.3) is 0 Å². The third-order valence-electron chi connectivity index (χ3n) is 1.39. The molecular weight excluding hydrogens is 194 g/mol. The molecule has 10 heavy (non-hydrogen) atoms. The van der Waals surface area contributed by atoms with Crippen LogP contribution in [0.25, 0.3) is 0 Å². The standard InChI is InChI=1S/C7H14BrNO/c1-3-9(7(2)10)6-4-5-8/h3-6H2,1-2H3. The molecule has 0 aliphatic rings. The highest BCUT2D eigenvalue weighted by molar-refractivity contribution is 9.09. The van der Waals surface area contributed by atoms with Crippen LogP contribution in [0.5, 0.6) is 0 Å². The Balaban J connectivity index is 3.50. The van der Waals surface area contributed by atoms with E-state index >= 15 is 0 Å². The molecule has 0 atom stereocenters. The molecule has 0 rings (SSSR count). The molecule has 0 radical (unpaired) electrons. The van der Waals surface area contributed by atoms with Crippen molar-refractivity contribution in [1.82, 2.24) is 4.90 Å². The summed E-state index contributed by atoms with van der Waals surface area (Å²) in [6, 6.07) is 0. The molecule has 0 aliphatic heterocycles. The minimum Gasteiger partial charge on any atom is -0.343 e. The summed E-state index contributed by atoms with van der Waals surface area (Å²) in [6.07, 6.45) is 1.04. The van der Waals surface area contributed by atoms with Crippen molar-refractivity contribution in [2.45, 2.75) is 20.3 Å². The monoisotopic (exact) mass is 207 g/mol. The summed E-state index contributed by atoms with van der Waals surface area (Å²) >= 11 is 3.32. The number of halogens is 1. The van der Waals surface area contributed by atoms with Gasteiger partial charge in [-0.2, -0.15) is 0 Å². The van der Waals surface area contributed by atoms with E-state index in [1.54, 1.807) is 6.92 Å². The Kier molecular flexibility index (Phi) is 5.69. The van der Waals surface area contributed by atoms with Crippen molar-refractivity contribution < 1.29 is 4.79 Å². The van der Waals surface area contributed by atoms with Crippen molar-refractivity contribution >= 4 is 21.8 Å². The lowest BCUT2D eigenvalue weighted by Gasteiger charge is -2.17. The van der Waals surface area contributed by atoms with Gasteiger partial charge in [-0.3, -0.25) is 4.79 Å². The van der Waals surface area contributed by atoms with Crippen molar-refractivity contribution in [1.29, 1.82) is 0 Å². The molecule has 0 aliphatic carbocycles. The molecule has 0 bridgehead atoms. The predicted octanol–water partition coefficient (Wildman–Crippen LogP) is 1.64. The molecule has 0 heterocycles. The van der Waals surface area contributed by atoms with Crippen LogP contribution in [0.3, 0.4) is 0 Å². The molecule has 0 aromatic carbocycles. The molecule has 0 unspecified atom stereocenters. The summed E-state index contributed by atoms with van der Waals surface area (Å²) < 4.78 is 0. The lowest BCUT2D eigenvalue weighted by atomic mass is 10.4. The van der Waals surface area contributed by atoms with Crippen LogP contribution in [-0.4, -0.2) is 29.2 Å². The van der Waals surface area contributed by atoms with Crippen LogP contribution in [0.15, 0.2) is 0 Å². The molecule has 60 valence electrons. The Labute approximate surface area is 70.7 Å². The predicted molar refractivity (Wildman–Crippen MR) is 46.3 cm³/mol. The van der Waals surface area contributed by atoms with Gasteiger partial charge in [0.1, 0.15) is 0 Å². The fraction of sp³-hybridized carbons (Fsp3) is 0.857. The molecule has 0 fully saturated rings. The molecule has 1 amide bonds. The van der Waals surface area contributed by atoms with Crippen LogP contribution in [0.4, 0.5) is 0 Å². The fourth-order valence-electron chi connectivity index (χ4n) is 0.789. The first kappa shape index (κ1) is 9.95. The van der Waals surface area contributed by atoms with E-state index in [-0.39, 0.29) is 5.91 Å². The van der Waals surface area contributed by atoms with Crippen molar-refractivity contribution in [2.75, 3.05) is 18.4 Å². The van der Waals surface area contributed by atoms with Gasteiger partial charge in [-0.15, -0.1) is 0 Å². The average molecular weight is 208 g/mol. The molecule has 3 heteroatoms. The van der Waals surface area contributed by atoms with Crippen molar-refractivity contribution in [3.05, 3.63) is 0 Å². The minimum absolute atomic E-state index is 0.170. The van der Waals surface area contributed by atoms with Gasteiger partial charge >= 0.3 is 0 Å². The van der Waals surface area contributed by atoms with Crippen LogP contribution >= 0.6 is 15.9 Å². The molecule has 0 aromatic heterocycles. The SMILES string of the molecule is CCN(CCCBr)C(C)=O. The summed E-state index contributed by atoms with van der Waals surface area (Å²) in [5.41, 5.74) is 0. The van der Waals surface area contributed by atoms with Gasteiger partial charge in [0.05, 0.1) is 0 Å². The topological polar surface area (TPSA) is 20.3 Å². The molecule has 0 aromatic rings. The second kappa shape index (κ2) is 5.71. The smallest absolute Gasteiger partial charge is 0.219 e. The lowest BCUT2D eigenvalue weighted by molar-refractivity contribution is -0.128. The number of alkyl halides is 1. The van der Waals surface area contributed by atoms with Crippen LogP contribution < -0.4 is 0 Å². The zero-order valence-corrected chi connectivity index (χ0v) is 8.15. The second-order valence-corrected chi connectivity index (χ2v) is 2.93. The van der Waals surface area contributed by atoms with E-state index in [9.17, 15) is 4.79 Å². The van der Waals surface area contributed by atoms with Gasteiger partial charge in [-0.05, 0) is 13.3 Å². The number of hydrogen-bond acceptors (Lipinski definition) is 1. The van der Waals surface area contributed by atoms with Crippen molar-refractivity contribution in [3.8, 4) is 0 Å². The highest BCUT2D eigenvalue weighted by atomic mass is 79.9. The fourth-order valence-corrected chi connectivity index (χ4v) is 1.04. The van der Waals surface area contributed by atoms with E-state index in [1.807, 2.05) is 11.8 Å². The van der Waals surface area contributed by atoms with E-state index < -0.39 is 0 Å². The van der Waals surface area contributed by atoms with Gasteiger partial charge in [0, 0.05) is 25.3 Å². The van der Waals surface area contributed by atoms with E-state index in [0.717, 1.165) is 24.8 Å². The minimum atomic E-state index is 0.170. The third kappa shape index (κ3) is 3.88. The Morgan fingerprint density at radius 1 is 1.60 bits per heavy atom.